The SMILES string of the molecule is COc1ccc(OC)c(CNC(=O)Cc2c(C)nc3nc(SC)nn3c2C)c1. The van der Waals surface area contributed by atoms with Crippen LogP contribution in [0.2, 0.25) is 0 Å². The molecule has 0 fully saturated rings. The smallest absolute Gasteiger partial charge is 0.253 e. The highest BCUT2D eigenvalue weighted by molar-refractivity contribution is 7.98. The minimum absolute atomic E-state index is 0.109. The predicted molar refractivity (Wildman–Crippen MR) is 107 cm³/mol. The van der Waals surface area contributed by atoms with Crippen LogP contribution in [0.3, 0.4) is 0 Å². The summed E-state index contributed by atoms with van der Waals surface area (Å²) in [6.07, 6.45) is 2.12. The molecule has 0 radical (unpaired) electrons. The molecule has 0 aliphatic rings. The number of rotatable bonds is 7. The molecular formula is C19H23N5O3S. The van der Waals surface area contributed by atoms with Gasteiger partial charge in [-0.3, -0.25) is 4.79 Å². The van der Waals surface area contributed by atoms with Crippen molar-refractivity contribution in [3.63, 3.8) is 0 Å². The van der Waals surface area contributed by atoms with Crippen LogP contribution >= 0.6 is 11.8 Å². The number of benzene rings is 1. The van der Waals surface area contributed by atoms with E-state index in [-0.39, 0.29) is 12.3 Å². The number of hydrogen-bond donors (Lipinski definition) is 1. The monoisotopic (exact) mass is 401 g/mol. The second-order valence-corrected chi connectivity index (χ2v) is 6.98. The van der Waals surface area contributed by atoms with Crippen LogP contribution in [0.4, 0.5) is 0 Å². The Labute approximate surface area is 167 Å². The van der Waals surface area contributed by atoms with E-state index < -0.39 is 0 Å². The van der Waals surface area contributed by atoms with E-state index in [0.29, 0.717) is 29.0 Å². The van der Waals surface area contributed by atoms with E-state index >= 15 is 0 Å². The van der Waals surface area contributed by atoms with Crippen LogP contribution in [-0.4, -0.2) is 46.0 Å². The summed E-state index contributed by atoms with van der Waals surface area (Å²) in [6, 6.07) is 5.49. The number of methoxy groups -OCH3 is 2. The lowest BCUT2D eigenvalue weighted by atomic mass is 10.1. The number of amides is 1. The van der Waals surface area contributed by atoms with E-state index in [2.05, 4.69) is 20.4 Å². The number of aryl methyl sites for hydroxylation is 2. The van der Waals surface area contributed by atoms with E-state index in [1.165, 1.54) is 11.8 Å². The molecule has 2 aromatic heterocycles. The molecule has 0 bridgehead atoms. The Morgan fingerprint density at radius 2 is 2.00 bits per heavy atom. The third-order valence-electron chi connectivity index (χ3n) is 4.51. The maximum atomic E-state index is 12.6. The molecule has 9 heteroatoms. The zero-order valence-electron chi connectivity index (χ0n) is 16.6. The normalized spacial score (nSPS) is 10.9. The summed E-state index contributed by atoms with van der Waals surface area (Å²) in [6.45, 7) is 4.15. The number of aromatic nitrogens is 4. The van der Waals surface area contributed by atoms with Crippen molar-refractivity contribution in [2.75, 3.05) is 20.5 Å². The maximum Gasteiger partial charge on any atom is 0.253 e. The number of thioether (sulfide) groups is 1. The Hall–Kier alpha value is -2.81. The molecule has 1 N–H and O–H groups in total. The van der Waals surface area contributed by atoms with Crippen molar-refractivity contribution in [3.8, 4) is 11.5 Å². The number of hydrogen-bond acceptors (Lipinski definition) is 7. The van der Waals surface area contributed by atoms with Gasteiger partial charge in [0.1, 0.15) is 11.5 Å². The Bertz CT molecular complexity index is 1020. The van der Waals surface area contributed by atoms with Gasteiger partial charge >= 0.3 is 0 Å². The summed E-state index contributed by atoms with van der Waals surface area (Å²) in [5.41, 5.74) is 3.34. The van der Waals surface area contributed by atoms with Gasteiger partial charge in [0.05, 0.1) is 20.6 Å². The van der Waals surface area contributed by atoms with E-state index in [1.54, 1.807) is 18.7 Å². The summed E-state index contributed by atoms with van der Waals surface area (Å²) in [5, 5.41) is 8.01. The highest BCUT2D eigenvalue weighted by Crippen LogP contribution is 2.24. The lowest BCUT2D eigenvalue weighted by molar-refractivity contribution is -0.120. The van der Waals surface area contributed by atoms with Gasteiger partial charge < -0.3 is 14.8 Å². The van der Waals surface area contributed by atoms with Gasteiger partial charge in [-0.05, 0) is 38.3 Å². The van der Waals surface area contributed by atoms with Gasteiger partial charge in [0.25, 0.3) is 5.78 Å². The van der Waals surface area contributed by atoms with Gasteiger partial charge in [-0.1, -0.05) is 11.8 Å². The third kappa shape index (κ3) is 4.04. The van der Waals surface area contributed by atoms with Crippen LogP contribution in [0, 0.1) is 13.8 Å². The van der Waals surface area contributed by atoms with Crippen LogP contribution in [-0.2, 0) is 17.8 Å². The standard InChI is InChI=1S/C19H23N5O3S/c1-11-15(12(2)24-18(21-11)22-19(23-24)28-5)9-17(25)20-10-13-8-14(26-3)6-7-16(13)27-4/h6-8H,9-10H2,1-5H3,(H,20,25). The van der Waals surface area contributed by atoms with Crippen molar-refractivity contribution in [2.24, 2.45) is 0 Å². The van der Waals surface area contributed by atoms with Crippen LogP contribution in [0.15, 0.2) is 23.4 Å². The van der Waals surface area contributed by atoms with Crippen molar-refractivity contribution >= 4 is 23.4 Å². The first-order valence-corrected chi connectivity index (χ1v) is 9.93. The van der Waals surface area contributed by atoms with Gasteiger partial charge in [-0.2, -0.15) is 4.98 Å². The third-order valence-corrected chi connectivity index (χ3v) is 5.05. The average Bonchev–Trinajstić information content (AvgIpc) is 3.12. The molecule has 1 amide bonds. The van der Waals surface area contributed by atoms with E-state index in [4.69, 9.17) is 9.47 Å². The first-order chi connectivity index (χ1) is 13.5. The van der Waals surface area contributed by atoms with Crippen LogP contribution in [0.25, 0.3) is 5.78 Å². The lowest BCUT2D eigenvalue weighted by Gasteiger charge is -2.13. The fourth-order valence-corrected chi connectivity index (χ4v) is 3.31. The van der Waals surface area contributed by atoms with Crippen LogP contribution < -0.4 is 14.8 Å². The van der Waals surface area contributed by atoms with Gasteiger partial charge in [0.2, 0.25) is 11.1 Å². The minimum atomic E-state index is -0.109. The summed E-state index contributed by atoms with van der Waals surface area (Å²) in [7, 11) is 3.20. The molecule has 8 nitrogen and oxygen atoms in total. The lowest BCUT2D eigenvalue weighted by Crippen LogP contribution is -2.26. The van der Waals surface area contributed by atoms with Crippen molar-refractivity contribution in [1.82, 2.24) is 24.9 Å². The van der Waals surface area contributed by atoms with Gasteiger partial charge in [0, 0.05) is 29.1 Å². The zero-order chi connectivity index (χ0) is 20.3. The second kappa shape index (κ2) is 8.47. The fraction of sp³-hybridized carbons (Fsp3) is 0.368. The van der Waals surface area contributed by atoms with Crippen molar-refractivity contribution in [1.29, 1.82) is 0 Å². The Morgan fingerprint density at radius 3 is 2.68 bits per heavy atom. The van der Waals surface area contributed by atoms with Gasteiger partial charge in [0.15, 0.2) is 0 Å². The Balaban J connectivity index is 1.77. The molecule has 28 heavy (non-hydrogen) atoms. The highest BCUT2D eigenvalue weighted by Gasteiger charge is 2.16. The summed E-state index contributed by atoms with van der Waals surface area (Å²) in [4.78, 5) is 21.4. The number of nitrogens with one attached hydrogen (secondary N) is 1. The topological polar surface area (TPSA) is 90.6 Å². The Morgan fingerprint density at radius 1 is 1.21 bits per heavy atom. The Kier molecular flexibility index (Phi) is 6.03. The van der Waals surface area contributed by atoms with Crippen molar-refractivity contribution in [3.05, 3.63) is 40.7 Å². The molecule has 3 aromatic rings. The van der Waals surface area contributed by atoms with Crippen LogP contribution in [0.5, 0.6) is 11.5 Å². The minimum Gasteiger partial charge on any atom is -0.497 e. The maximum absolute atomic E-state index is 12.6. The first-order valence-electron chi connectivity index (χ1n) is 8.71. The second-order valence-electron chi connectivity index (χ2n) is 6.20. The number of nitrogens with zero attached hydrogens (tertiary/aromatic N) is 4. The number of carbonyl (C=O) groups is 1. The number of fused-ring (bicyclic) bond motifs is 1. The molecular weight excluding hydrogens is 378 g/mol. The zero-order valence-corrected chi connectivity index (χ0v) is 17.4. The van der Waals surface area contributed by atoms with Gasteiger partial charge in [-0.15, -0.1) is 5.10 Å². The van der Waals surface area contributed by atoms with E-state index in [0.717, 1.165) is 22.5 Å². The first kappa shape index (κ1) is 19.9. The number of carbonyl (C=O) groups excluding carboxylic acids is 1. The molecule has 0 saturated heterocycles. The summed E-state index contributed by atoms with van der Waals surface area (Å²) in [5.74, 6) is 1.85. The molecule has 1 aromatic carbocycles. The molecule has 3 rings (SSSR count). The molecule has 2 heterocycles. The summed E-state index contributed by atoms with van der Waals surface area (Å²) < 4.78 is 12.3. The summed E-state index contributed by atoms with van der Waals surface area (Å²) >= 11 is 1.46. The molecule has 0 unspecified atom stereocenters. The predicted octanol–water partition coefficient (Wildman–Crippen LogP) is 2.34. The van der Waals surface area contributed by atoms with Crippen LogP contribution in [0.1, 0.15) is 22.5 Å². The number of ether oxygens (including phenoxy) is 2. The molecule has 0 aliphatic carbocycles. The highest BCUT2D eigenvalue weighted by atomic mass is 32.2. The van der Waals surface area contributed by atoms with Crippen molar-refractivity contribution in [2.45, 2.75) is 32.0 Å². The molecule has 148 valence electrons. The molecule has 0 spiro atoms. The fourth-order valence-electron chi connectivity index (χ4n) is 2.97. The molecule has 0 saturated carbocycles. The molecule has 0 atom stereocenters. The largest absolute Gasteiger partial charge is 0.497 e. The molecule has 0 aliphatic heterocycles. The van der Waals surface area contributed by atoms with E-state index in [9.17, 15) is 4.79 Å². The van der Waals surface area contributed by atoms with E-state index in [1.807, 2.05) is 38.3 Å². The van der Waals surface area contributed by atoms with Gasteiger partial charge in [-0.25, -0.2) is 9.50 Å². The average molecular weight is 401 g/mol. The quantitative estimate of drug-likeness (QED) is 0.608. The van der Waals surface area contributed by atoms with Crippen molar-refractivity contribution < 1.29 is 14.3 Å².